The van der Waals surface area contributed by atoms with Crippen LogP contribution in [-0.2, 0) is 6.42 Å². The van der Waals surface area contributed by atoms with E-state index in [9.17, 15) is 0 Å². The number of nitrogens with zero attached hydrogens (tertiary/aromatic N) is 3. The molecule has 0 N–H and O–H groups in total. The van der Waals surface area contributed by atoms with Gasteiger partial charge in [0.25, 0.3) is 0 Å². The van der Waals surface area contributed by atoms with Crippen LogP contribution in [0.2, 0.25) is 0 Å². The Hall–Kier alpha value is -1.49. The Morgan fingerprint density at radius 1 is 1.16 bits per heavy atom. The molecule has 0 aliphatic rings. The molecule has 0 saturated carbocycles. The van der Waals surface area contributed by atoms with Crippen molar-refractivity contribution >= 4 is 15.9 Å². The van der Waals surface area contributed by atoms with E-state index in [1.807, 2.05) is 19.1 Å². The van der Waals surface area contributed by atoms with Crippen molar-refractivity contribution in [3.63, 3.8) is 0 Å². The molecule has 2 rings (SSSR count). The van der Waals surface area contributed by atoms with Crippen molar-refractivity contribution in [3.05, 3.63) is 35.0 Å². The Labute approximate surface area is 121 Å². The van der Waals surface area contributed by atoms with Gasteiger partial charge in [-0.1, -0.05) is 13.8 Å². The van der Waals surface area contributed by atoms with E-state index in [4.69, 9.17) is 4.74 Å². The Morgan fingerprint density at radius 2 is 2.00 bits per heavy atom. The van der Waals surface area contributed by atoms with Gasteiger partial charge in [-0.05, 0) is 34.5 Å². The molecule has 19 heavy (non-hydrogen) atoms. The number of aromatic nitrogens is 3. The molecular weight excluding hydrogens is 306 g/mol. The lowest BCUT2D eigenvalue weighted by Gasteiger charge is -2.07. The zero-order chi connectivity index (χ0) is 13.7. The minimum atomic E-state index is 0.693. The normalized spacial score (nSPS) is 10.5. The highest BCUT2D eigenvalue weighted by Gasteiger charge is 2.06. The smallest absolute Gasteiger partial charge is 0.138 e. The first-order valence-electron chi connectivity index (χ1n) is 6.34. The quantitative estimate of drug-likeness (QED) is 0.788. The maximum atomic E-state index is 5.59. The molecule has 0 saturated heterocycles. The van der Waals surface area contributed by atoms with Crippen molar-refractivity contribution in [1.82, 2.24) is 15.0 Å². The number of aryl methyl sites for hydroxylation is 1. The lowest BCUT2D eigenvalue weighted by Crippen LogP contribution is -1.98. The summed E-state index contributed by atoms with van der Waals surface area (Å²) in [4.78, 5) is 13.0. The van der Waals surface area contributed by atoms with Crippen LogP contribution in [0.4, 0.5) is 0 Å². The monoisotopic (exact) mass is 321 g/mol. The van der Waals surface area contributed by atoms with Gasteiger partial charge >= 0.3 is 0 Å². The first-order chi connectivity index (χ1) is 9.22. The largest absolute Gasteiger partial charge is 0.492 e. The molecule has 2 aromatic heterocycles. The number of hydrogen-bond acceptors (Lipinski definition) is 4. The number of rotatable bonds is 5. The predicted octanol–water partition coefficient (Wildman–Crippen LogP) is 3.65. The predicted molar refractivity (Wildman–Crippen MR) is 78.1 cm³/mol. The highest BCUT2D eigenvalue weighted by Crippen LogP contribution is 2.23. The van der Waals surface area contributed by atoms with Crippen molar-refractivity contribution in [2.24, 2.45) is 0 Å². The van der Waals surface area contributed by atoms with Gasteiger partial charge in [-0.2, -0.15) is 0 Å². The Morgan fingerprint density at radius 3 is 2.74 bits per heavy atom. The van der Waals surface area contributed by atoms with E-state index in [0.717, 1.165) is 40.3 Å². The SMILES string of the molecule is CCCOc1cncc(-c2cc(Br)nc(CC)n2)c1. The maximum Gasteiger partial charge on any atom is 0.138 e. The molecular formula is C14H16BrN3O. The van der Waals surface area contributed by atoms with Gasteiger partial charge in [0, 0.05) is 18.2 Å². The molecule has 5 heteroatoms. The number of ether oxygens (including phenoxy) is 1. The van der Waals surface area contributed by atoms with E-state index < -0.39 is 0 Å². The molecule has 0 unspecified atom stereocenters. The summed E-state index contributed by atoms with van der Waals surface area (Å²) in [6.45, 7) is 4.80. The molecule has 0 amide bonds. The lowest BCUT2D eigenvalue weighted by molar-refractivity contribution is 0.316. The van der Waals surface area contributed by atoms with Crippen LogP contribution in [-0.4, -0.2) is 21.6 Å². The van der Waals surface area contributed by atoms with E-state index in [0.29, 0.717) is 6.61 Å². The first kappa shape index (κ1) is 13.9. The summed E-state index contributed by atoms with van der Waals surface area (Å²) in [7, 11) is 0. The van der Waals surface area contributed by atoms with Crippen LogP contribution in [0.3, 0.4) is 0 Å². The third-order valence-electron chi connectivity index (χ3n) is 2.54. The minimum Gasteiger partial charge on any atom is -0.492 e. The summed E-state index contributed by atoms with van der Waals surface area (Å²) in [5, 5.41) is 0. The molecule has 0 radical (unpaired) electrons. The van der Waals surface area contributed by atoms with Gasteiger partial charge in [-0.25, -0.2) is 9.97 Å². The average Bonchev–Trinajstić information content (AvgIpc) is 2.44. The second kappa shape index (κ2) is 6.61. The molecule has 0 fully saturated rings. The molecule has 0 aliphatic carbocycles. The summed E-state index contributed by atoms with van der Waals surface area (Å²) < 4.78 is 6.37. The second-order valence-corrected chi connectivity index (χ2v) is 4.92. The Balaban J connectivity index is 2.32. The Bertz CT molecular complexity index is 560. The summed E-state index contributed by atoms with van der Waals surface area (Å²) in [5.74, 6) is 1.58. The second-order valence-electron chi connectivity index (χ2n) is 4.10. The molecule has 0 aromatic carbocycles. The summed E-state index contributed by atoms with van der Waals surface area (Å²) in [6, 6.07) is 3.84. The van der Waals surface area contributed by atoms with Gasteiger partial charge in [0.15, 0.2) is 0 Å². The molecule has 0 bridgehead atoms. The zero-order valence-electron chi connectivity index (χ0n) is 11.1. The third kappa shape index (κ3) is 3.73. The van der Waals surface area contributed by atoms with Gasteiger partial charge in [0.05, 0.1) is 18.5 Å². The fraction of sp³-hybridized carbons (Fsp3) is 0.357. The number of halogens is 1. The van der Waals surface area contributed by atoms with Crippen molar-refractivity contribution < 1.29 is 4.74 Å². The Kier molecular flexibility index (Phi) is 4.85. The van der Waals surface area contributed by atoms with Crippen molar-refractivity contribution in [1.29, 1.82) is 0 Å². The maximum absolute atomic E-state index is 5.59. The highest BCUT2D eigenvalue weighted by molar-refractivity contribution is 9.10. The molecule has 2 heterocycles. The molecule has 0 aliphatic heterocycles. The van der Waals surface area contributed by atoms with Crippen LogP contribution in [0.25, 0.3) is 11.3 Å². The summed E-state index contributed by atoms with van der Waals surface area (Å²) in [5.41, 5.74) is 1.79. The van der Waals surface area contributed by atoms with Crippen LogP contribution < -0.4 is 4.74 Å². The van der Waals surface area contributed by atoms with Crippen molar-refractivity contribution in [2.45, 2.75) is 26.7 Å². The summed E-state index contributed by atoms with van der Waals surface area (Å²) in [6.07, 6.45) is 5.28. The zero-order valence-corrected chi connectivity index (χ0v) is 12.6. The fourth-order valence-corrected chi connectivity index (χ4v) is 2.05. The van der Waals surface area contributed by atoms with Gasteiger partial charge in [-0.15, -0.1) is 0 Å². The van der Waals surface area contributed by atoms with E-state index in [-0.39, 0.29) is 0 Å². The molecule has 0 atom stereocenters. The first-order valence-corrected chi connectivity index (χ1v) is 7.14. The van der Waals surface area contributed by atoms with Crippen LogP contribution in [0.15, 0.2) is 29.1 Å². The van der Waals surface area contributed by atoms with E-state index in [1.165, 1.54) is 0 Å². The molecule has 2 aromatic rings. The third-order valence-corrected chi connectivity index (χ3v) is 2.95. The van der Waals surface area contributed by atoms with Crippen molar-refractivity contribution in [2.75, 3.05) is 6.61 Å². The number of pyridine rings is 1. The van der Waals surface area contributed by atoms with Gasteiger partial charge in [-0.3, -0.25) is 4.98 Å². The van der Waals surface area contributed by atoms with E-state index in [1.54, 1.807) is 12.4 Å². The van der Waals surface area contributed by atoms with Gasteiger partial charge < -0.3 is 4.74 Å². The highest BCUT2D eigenvalue weighted by atomic mass is 79.9. The lowest BCUT2D eigenvalue weighted by atomic mass is 10.2. The topological polar surface area (TPSA) is 47.9 Å². The van der Waals surface area contributed by atoms with Crippen LogP contribution in [0.1, 0.15) is 26.1 Å². The van der Waals surface area contributed by atoms with Gasteiger partial charge in [0.1, 0.15) is 16.2 Å². The van der Waals surface area contributed by atoms with E-state index >= 15 is 0 Å². The van der Waals surface area contributed by atoms with Crippen molar-refractivity contribution in [3.8, 4) is 17.0 Å². The molecule has 4 nitrogen and oxygen atoms in total. The summed E-state index contributed by atoms with van der Waals surface area (Å²) >= 11 is 3.41. The van der Waals surface area contributed by atoms with Gasteiger partial charge in [0.2, 0.25) is 0 Å². The van der Waals surface area contributed by atoms with Crippen LogP contribution >= 0.6 is 15.9 Å². The van der Waals surface area contributed by atoms with E-state index in [2.05, 4.69) is 37.8 Å². The standard InChI is InChI=1S/C14H16BrN3O/c1-3-5-19-11-6-10(8-16-9-11)12-7-13(15)18-14(4-2)17-12/h6-9H,3-5H2,1-2H3. The average molecular weight is 322 g/mol. The minimum absolute atomic E-state index is 0.693. The molecule has 0 spiro atoms. The number of hydrogen-bond donors (Lipinski definition) is 0. The fourth-order valence-electron chi connectivity index (χ4n) is 1.63. The van der Waals surface area contributed by atoms with Crippen LogP contribution in [0.5, 0.6) is 5.75 Å². The molecule has 100 valence electrons. The van der Waals surface area contributed by atoms with Crippen LogP contribution in [0, 0.1) is 0 Å².